The van der Waals surface area contributed by atoms with Crippen molar-refractivity contribution in [2.24, 2.45) is 17.4 Å². The molecule has 5 nitrogen and oxygen atoms in total. The fraction of sp³-hybridized carbons (Fsp3) is 0.538. The van der Waals surface area contributed by atoms with Gasteiger partial charge in [-0.3, -0.25) is 9.78 Å². The van der Waals surface area contributed by atoms with Crippen LogP contribution in [0.25, 0.3) is 0 Å². The largest absolute Gasteiger partial charge is 0.385 e. The summed E-state index contributed by atoms with van der Waals surface area (Å²) in [6.07, 6.45) is 6.15. The van der Waals surface area contributed by atoms with Crippen LogP contribution in [0.3, 0.4) is 0 Å². The van der Waals surface area contributed by atoms with Crippen molar-refractivity contribution < 1.29 is 4.79 Å². The molecule has 1 amide bonds. The van der Waals surface area contributed by atoms with Gasteiger partial charge in [-0.05, 0) is 43.7 Å². The van der Waals surface area contributed by atoms with Crippen molar-refractivity contribution in [3.8, 4) is 0 Å². The summed E-state index contributed by atoms with van der Waals surface area (Å²) in [7, 11) is 0. The van der Waals surface area contributed by atoms with Crippen LogP contribution in [-0.2, 0) is 0 Å². The van der Waals surface area contributed by atoms with Crippen molar-refractivity contribution in [2.75, 3.05) is 11.9 Å². The third-order valence-electron chi connectivity index (χ3n) is 3.50. The van der Waals surface area contributed by atoms with Crippen molar-refractivity contribution in [1.29, 1.82) is 0 Å². The van der Waals surface area contributed by atoms with E-state index in [-0.39, 0.29) is 0 Å². The van der Waals surface area contributed by atoms with Crippen LogP contribution in [0.15, 0.2) is 18.3 Å². The number of primary amides is 1. The van der Waals surface area contributed by atoms with Crippen molar-refractivity contribution >= 4 is 11.6 Å². The lowest BCUT2D eigenvalue weighted by molar-refractivity contribution is 0.0995. The highest BCUT2D eigenvalue weighted by molar-refractivity contribution is 5.91. The van der Waals surface area contributed by atoms with Crippen molar-refractivity contribution in [2.45, 2.75) is 31.7 Å². The predicted molar refractivity (Wildman–Crippen MR) is 71.2 cm³/mol. The van der Waals surface area contributed by atoms with Crippen LogP contribution >= 0.6 is 0 Å². The van der Waals surface area contributed by atoms with E-state index in [1.807, 2.05) is 6.07 Å². The van der Waals surface area contributed by atoms with Crippen LogP contribution in [0.2, 0.25) is 0 Å². The molecule has 0 unspecified atom stereocenters. The summed E-state index contributed by atoms with van der Waals surface area (Å²) in [6, 6.07) is 3.92. The molecule has 1 heterocycles. The van der Waals surface area contributed by atoms with Crippen molar-refractivity contribution in [1.82, 2.24) is 4.98 Å². The minimum atomic E-state index is -0.498. The maximum absolute atomic E-state index is 11.0. The lowest BCUT2D eigenvalue weighted by atomic mass is 9.86. The van der Waals surface area contributed by atoms with E-state index >= 15 is 0 Å². The maximum atomic E-state index is 11.0. The monoisotopic (exact) mass is 248 g/mol. The van der Waals surface area contributed by atoms with Gasteiger partial charge in [-0.2, -0.15) is 0 Å². The standard InChI is InChI=1S/C13H20N4O/c14-10-3-1-9(2-4-10)8-17-11-5-6-16-12(7-11)13(15)18/h5-7,9-10H,1-4,8,14H2,(H2,15,18)(H,16,17). The molecular weight excluding hydrogens is 228 g/mol. The Kier molecular flexibility index (Phi) is 4.15. The highest BCUT2D eigenvalue weighted by Crippen LogP contribution is 2.23. The smallest absolute Gasteiger partial charge is 0.267 e. The zero-order valence-corrected chi connectivity index (χ0v) is 10.4. The highest BCUT2D eigenvalue weighted by atomic mass is 16.1. The van der Waals surface area contributed by atoms with E-state index in [0.29, 0.717) is 17.7 Å². The molecule has 1 aliphatic rings. The molecule has 0 radical (unpaired) electrons. The van der Waals surface area contributed by atoms with Gasteiger partial charge in [0.25, 0.3) is 5.91 Å². The number of aromatic nitrogens is 1. The number of pyridine rings is 1. The van der Waals surface area contributed by atoms with Crippen LogP contribution in [0.1, 0.15) is 36.2 Å². The molecule has 1 aromatic heterocycles. The zero-order valence-electron chi connectivity index (χ0n) is 10.4. The number of nitrogens with zero attached hydrogens (tertiary/aromatic N) is 1. The first-order chi connectivity index (χ1) is 8.65. The lowest BCUT2D eigenvalue weighted by Gasteiger charge is -2.26. The Balaban J connectivity index is 1.86. The van der Waals surface area contributed by atoms with Gasteiger partial charge < -0.3 is 16.8 Å². The number of nitrogens with one attached hydrogen (secondary N) is 1. The first-order valence-electron chi connectivity index (χ1n) is 6.40. The van der Waals surface area contributed by atoms with Gasteiger partial charge in [-0.25, -0.2) is 0 Å². The summed E-state index contributed by atoms with van der Waals surface area (Å²) >= 11 is 0. The summed E-state index contributed by atoms with van der Waals surface area (Å²) in [4.78, 5) is 14.9. The Hall–Kier alpha value is -1.62. The van der Waals surface area contributed by atoms with Crippen LogP contribution in [0.4, 0.5) is 5.69 Å². The Morgan fingerprint density at radius 2 is 2.11 bits per heavy atom. The average molecular weight is 248 g/mol. The molecular formula is C13H20N4O. The fourth-order valence-corrected chi connectivity index (χ4v) is 2.33. The van der Waals surface area contributed by atoms with Gasteiger partial charge in [0.05, 0.1) is 0 Å². The van der Waals surface area contributed by atoms with Crippen LogP contribution in [-0.4, -0.2) is 23.5 Å². The molecule has 0 atom stereocenters. The first kappa shape index (κ1) is 12.8. The van der Waals surface area contributed by atoms with E-state index in [1.54, 1.807) is 12.3 Å². The molecule has 1 aliphatic carbocycles. The molecule has 1 saturated carbocycles. The van der Waals surface area contributed by atoms with Gasteiger partial charge in [-0.1, -0.05) is 0 Å². The molecule has 1 fully saturated rings. The van der Waals surface area contributed by atoms with Gasteiger partial charge in [0.2, 0.25) is 0 Å². The number of carbonyl (C=O) groups excluding carboxylic acids is 1. The fourth-order valence-electron chi connectivity index (χ4n) is 2.33. The predicted octanol–water partition coefficient (Wildman–Crippen LogP) is 1.11. The molecule has 0 saturated heterocycles. The van der Waals surface area contributed by atoms with E-state index in [4.69, 9.17) is 11.5 Å². The molecule has 18 heavy (non-hydrogen) atoms. The van der Waals surface area contributed by atoms with Gasteiger partial charge in [-0.15, -0.1) is 0 Å². The van der Waals surface area contributed by atoms with E-state index < -0.39 is 5.91 Å². The number of carbonyl (C=O) groups is 1. The molecule has 2 rings (SSSR count). The van der Waals surface area contributed by atoms with Gasteiger partial charge in [0.1, 0.15) is 5.69 Å². The number of anilines is 1. The Morgan fingerprint density at radius 3 is 2.78 bits per heavy atom. The Labute approximate surface area is 107 Å². The topological polar surface area (TPSA) is 94.0 Å². The second-order valence-corrected chi connectivity index (χ2v) is 4.96. The number of hydrogen-bond donors (Lipinski definition) is 3. The van der Waals surface area contributed by atoms with Crippen molar-refractivity contribution in [3.05, 3.63) is 24.0 Å². The van der Waals surface area contributed by atoms with E-state index in [9.17, 15) is 4.79 Å². The lowest BCUT2D eigenvalue weighted by Crippen LogP contribution is -2.29. The molecule has 0 aromatic carbocycles. The van der Waals surface area contributed by atoms with Crippen molar-refractivity contribution in [3.63, 3.8) is 0 Å². The summed E-state index contributed by atoms with van der Waals surface area (Å²) in [5.74, 6) is 0.164. The zero-order chi connectivity index (χ0) is 13.0. The van der Waals surface area contributed by atoms with E-state index in [2.05, 4.69) is 10.3 Å². The molecule has 5 heteroatoms. The molecule has 0 aliphatic heterocycles. The Bertz CT molecular complexity index is 413. The molecule has 0 bridgehead atoms. The summed E-state index contributed by atoms with van der Waals surface area (Å²) < 4.78 is 0. The van der Waals surface area contributed by atoms with Gasteiger partial charge in [0.15, 0.2) is 0 Å². The van der Waals surface area contributed by atoms with Crippen LogP contribution in [0, 0.1) is 5.92 Å². The second kappa shape index (κ2) is 5.82. The molecule has 0 spiro atoms. The summed E-state index contributed by atoms with van der Waals surface area (Å²) in [5, 5.41) is 3.34. The third-order valence-corrected chi connectivity index (χ3v) is 3.50. The van der Waals surface area contributed by atoms with Crippen LogP contribution in [0.5, 0.6) is 0 Å². The molecule has 5 N–H and O–H groups in total. The van der Waals surface area contributed by atoms with E-state index in [0.717, 1.165) is 25.1 Å². The number of rotatable bonds is 4. The third kappa shape index (κ3) is 3.43. The van der Waals surface area contributed by atoms with Crippen LogP contribution < -0.4 is 16.8 Å². The SMILES string of the molecule is NC(=O)c1cc(NCC2CCC(N)CC2)ccn1. The molecule has 98 valence electrons. The number of amides is 1. The normalized spacial score (nSPS) is 23.6. The second-order valence-electron chi connectivity index (χ2n) is 4.96. The van der Waals surface area contributed by atoms with Gasteiger partial charge >= 0.3 is 0 Å². The molecule has 1 aromatic rings. The number of hydrogen-bond acceptors (Lipinski definition) is 4. The van der Waals surface area contributed by atoms with Gasteiger partial charge in [0, 0.05) is 24.5 Å². The first-order valence-corrected chi connectivity index (χ1v) is 6.40. The highest BCUT2D eigenvalue weighted by Gasteiger charge is 2.18. The average Bonchev–Trinajstić information content (AvgIpc) is 2.38. The quantitative estimate of drug-likeness (QED) is 0.744. The minimum Gasteiger partial charge on any atom is -0.385 e. The summed E-state index contributed by atoms with van der Waals surface area (Å²) in [5.41, 5.74) is 12.3. The summed E-state index contributed by atoms with van der Waals surface area (Å²) in [6.45, 7) is 0.912. The Morgan fingerprint density at radius 1 is 1.39 bits per heavy atom. The minimum absolute atomic E-state index is 0.297. The van der Waals surface area contributed by atoms with E-state index in [1.165, 1.54) is 12.8 Å². The maximum Gasteiger partial charge on any atom is 0.267 e. The number of nitrogens with two attached hydrogens (primary N) is 2.